The molecule has 2 N–H and O–H groups in total. The number of nitrogens with one attached hydrogen (secondary N) is 2. The Morgan fingerprint density at radius 2 is 2.43 bits per heavy atom. The van der Waals surface area contributed by atoms with Crippen LogP contribution >= 0.6 is 12.2 Å². The van der Waals surface area contributed by atoms with Gasteiger partial charge in [-0.05, 0) is 0 Å². The van der Waals surface area contributed by atoms with Crippen molar-refractivity contribution in [1.82, 2.24) is 10.7 Å². The van der Waals surface area contributed by atoms with Gasteiger partial charge in [-0.1, -0.05) is 0 Å². The van der Waals surface area contributed by atoms with Crippen LogP contribution in [0.5, 0.6) is 0 Å². The summed E-state index contributed by atoms with van der Waals surface area (Å²) < 4.78 is 3.12. The number of rotatable bonds is 1. The molecule has 45 valence electrons. The van der Waals surface area contributed by atoms with Gasteiger partial charge < -0.3 is 0 Å². The zero-order valence-corrected chi connectivity index (χ0v) is 5.42. The van der Waals surface area contributed by atoms with Crippen LogP contribution < -0.4 is 10.7 Å². The van der Waals surface area contributed by atoms with E-state index < -0.39 is 0 Å². The topological polar surface area (TPSA) is 36.4 Å². The van der Waals surface area contributed by atoms with E-state index in [0.29, 0.717) is 5.11 Å². The Balaban J connectivity index is 3.17. The molecule has 0 bridgehead atoms. The summed E-state index contributed by atoms with van der Waals surface area (Å²) in [6, 6.07) is 0. The van der Waals surface area contributed by atoms with Crippen molar-refractivity contribution in [3.05, 3.63) is 0 Å². The van der Waals surface area contributed by atoms with Gasteiger partial charge in [-0.15, -0.1) is 0 Å². The van der Waals surface area contributed by atoms with Crippen molar-refractivity contribution >= 4 is 17.3 Å². The van der Waals surface area contributed by atoms with Crippen molar-refractivity contribution in [2.45, 2.75) is 0 Å². The average Bonchev–Trinajstić information content (AvgIpc) is 1.68. The van der Waals surface area contributed by atoms with E-state index in [2.05, 4.69) is 42.8 Å². The quantitative estimate of drug-likeness (QED) is 0.320. The molecule has 0 rings (SSSR count). The first kappa shape index (κ1) is 7.01. The van der Waals surface area contributed by atoms with Crippen LogP contribution in [0.25, 0.3) is 0 Å². The van der Waals surface area contributed by atoms with E-state index in [1.807, 2.05) is 0 Å². The SMILES string of the molecule is CNC(=S)N[N]=[Cu]. The molecule has 0 heterocycles. The minimum absolute atomic E-state index is 0.435. The molecule has 0 saturated carbocycles. The molecule has 0 spiro atoms. The molecule has 3 nitrogen and oxygen atoms in total. The summed E-state index contributed by atoms with van der Waals surface area (Å²) in [5.41, 5.74) is 2.35. The Bertz CT molecular complexity index is 83.0. The van der Waals surface area contributed by atoms with Crippen LogP contribution in [0.1, 0.15) is 0 Å². The van der Waals surface area contributed by atoms with Crippen LogP contribution in [-0.4, -0.2) is 12.2 Å². The van der Waals surface area contributed by atoms with Gasteiger partial charge in [0.15, 0.2) is 0 Å². The second kappa shape index (κ2) is 4.18. The van der Waals surface area contributed by atoms with Gasteiger partial charge in [-0.3, -0.25) is 0 Å². The van der Waals surface area contributed by atoms with Crippen molar-refractivity contribution in [2.24, 2.45) is 4.07 Å². The fourth-order valence-electron chi connectivity index (χ4n) is 0.0865. The van der Waals surface area contributed by atoms with Gasteiger partial charge in [0.1, 0.15) is 0 Å². The summed E-state index contributed by atoms with van der Waals surface area (Å²) >= 11 is 8.88. The van der Waals surface area contributed by atoms with E-state index >= 15 is 0 Å². The Labute approximate surface area is 55.4 Å². The molecular weight excluding hydrogens is 162 g/mol. The van der Waals surface area contributed by atoms with Crippen molar-refractivity contribution in [2.75, 3.05) is 7.05 Å². The third-order valence-electron chi connectivity index (χ3n) is 0.362. The third kappa shape index (κ3) is 3.85. The van der Waals surface area contributed by atoms with Gasteiger partial charge in [0.2, 0.25) is 0 Å². The zero-order chi connectivity index (χ0) is 5.70. The molecule has 0 aromatic carbocycles. The van der Waals surface area contributed by atoms with Crippen molar-refractivity contribution in [3.63, 3.8) is 0 Å². The summed E-state index contributed by atoms with van der Waals surface area (Å²) in [6.45, 7) is 0. The maximum absolute atomic E-state index is 4.57. The Morgan fingerprint density at radius 3 is 2.57 bits per heavy atom. The van der Waals surface area contributed by atoms with Gasteiger partial charge in [-0.2, -0.15) is 0 Å². The summed E-state index contributed by atoms with van der Waals surface area (Å²) in [7, 11) is 1.69. The van der Waals surface area contributed by atoms with Crippen molar-refractivity contribution in [1.29, 1.82) is 0 Å². The number of hydrogen-bond acceptors (Lipinski definition) is 2. The predicted molar refractivity (Wildman–Crippen MR) is 27.2 cm³/mol. The molecule has 0 fully saturated rings. The molecule has 0 aliphatic heterocycles. The number of nitrogens with zero attached hydrogens (tertiary/aromatic N) is 1. The van der Waals surface area contributed by atoms with Gasteiger partial charge in [0, 0.05) is 0 Å². The van der Waals surface area contributed by atoms with Gasteiger partial charge in [0.25, 0.3) is 0 Å². The predicted octanol–water partition coefficient (Wildman–Crippen LogP) is -0.274. The average molecular weight is 167 g/mol. The number of hydrogen-bond donors (Lipinski definition) is 2. The van der Waals surface area contributed by atoms with E-state index in [4.69, 9.17) is 0 Å². The molecule has 0 aromatic rings. The molecule has 0 aromatic heterocycles. The molecule has 0 amide bonds. The van der Waals surface area contributed by atoms with Crippen LogP contribution in [0.15, 0.2) is 4.07 Å². The van der Waals surface area contributed by atoms with Crippen LogP contribution in [-0.2, 0) is 15.8 Å². The van der Waals surface area contributed by atoms with E-state index in [1.165, 1.54) is 0 Å². The Morgan fingerprint density at radius 1 is 1.86 bits per heavy atom. The fourth-order valence-corrected chi connectivity index (χ4v) is 0.296. The number of thiocarbonyl (C=S) groups is 1. The maximum atomic E-state index is 4.57. The minimum atomic E-state index is 0.435. The summed E-state index contributed by atoms with van der Waals surface area (Å²) in [6.07, 6.45) is 0. The molecular formula is C2H5CuN3S. The molecule has 0 aliphatic rings. The normalized spacial score (nSPS) is 7.29. The van der Waals surface area contributed by atoms with Gasteiger partial charge >= 0.3 is 55.0 Å². The van der Waals surface area contributed by atoms with Crippen molar-refractivity contribution in [3.8, 4) is 0 Å². The van der Waals surface area contributed by atoms with Crippen molar-refractivity contribution < 1.29 is 15.8 Å². The molecule has 0 atom stereocenters. The van der Waals surface area contributed by atoms with Crippen LogP contribution in [0, 0.1) is 0 Å². The monoisotopic (exact) mass is 166 g/mol. The summed E-state index contributed by atoms with van der Waals surface area (Å²) in [5, 5.41) is 3.06. The molecule has 0 saturated heterocycles. The first-order chi connectivity index (χ1) is 3.31. The Hall–Kier alpha value is 0.00948. The zero-order valence-electron chi connectivity index (χ0n) is 3.66. The van der Waals surface area contributed by atoms with Crippen LogP contribution in [0.3, 0.4) is 0 Å². The molecule has 0 aliphatic carbocycles. The van der Waals surface area contributed by atoms with E-state index in [9.17, 15) is 0 Å². The van der Waals surface area contributed by atoms with E-state index in [-0.39, 0.29) is 0 Å². The fraction of sp³-hybridized carbons (Fsp3) is 0.500. The standard InChI is InChI=1S/C2H5N3S.Cu/c1-4-2(6)5-3;/h1H3,(H2,4,5,6);. The first-order valence-electron chi connectivity index (χ1n) is 1.56. The second-order valence-electron chi connectivity index (χ2n) is 0.758. The summed E-state index contributed by atoms with van der Waals surface area (Å²) in [5.74, 6) is 0. The van der Waals surface area contributed by atoms with E-state index in [1.54, 1.807) is 7.05 Å². The van der Waals surface area contributed by atoms with Gasteiger partial charge in [0.05, 0.1) is 0 Å². The molecule has 7 heavy (non-hydrogen) atoms. The molecule has 0 radical (unpaired) electrons. The Kier molecular flexibility index (Phi) is 4.18. The van der Waals surface area contributed by atoms with Gasteiger partial charge in [-0.25, -0.2) is 0 Å². The summed E-state index contributed by atoms with van der Waals surface area (Å²) in [4.78, 5) is 0. The first-order valence-corrected chi connectivity index (χ1v) is 2.39. The second-order valence-corrected chi connectivity index (χ2v) is 1.38. The molecule has 0 unspecified atom stereocenters. The van der Waals surface area contributed by atoms with Crippen LogP contribution in [0.2, 0.25) is 0 Å². The third-order valence-corrected chi connectivity index (χ3v) is 0.763. The molecule has 5 heteroatoms. The van der Waals surface area contributed by atoms with E-state index in [0.717, 1.165) is 0 Å². The van der Waals surface area contributed by atoms with Crippen LogP contribution in [0.4, 0.5) is 0 Å².